The van der Waals surface area contributed by atoms with Gasteiger partial charge in [-0.25, -0.2) is 13.6 Å². The van der Waals surface area contributed by atoms with Crippen molar-refractivity contribution in [3.8, 4) is 11.5 Å². The Labute approximate surface area is 145 Å². The number of amides is 1. The smallest absolute Gasteiger partial charge is 0.340 e. The molecule has 0 aliphatic carbocycles. The molecule has 3 aromatic rings. The summed E-state index contributed by atoms with van der Waals surface area (Å²) in [4.78, 5) is 24.3. The van der Waals surface area contributed by atoms with Crippen LogP contribution in [0, 0.1) is 18.6 Å². The minimum absolute atomic E-state index is 0.0163. The first-order chi connectivity index (χ1) is 12.3. The van der Waals surface area contributed by atoms with Crippen molar-refractivity contribution in [3.63, 3.8) is 0 Å². The lowest BCUT2D eigenvalue weighted by Crippen LogP contribution is -2.21. The van der Waals surface area contributed by atoms with Gasteiger partial charge in [-0.2, -0.15) is 0 Å². The monoisotopic (exact) mass is 361 g/mol. The summed E-state index contributed by atoms with van der Waals surface area (Å²) >= 11 is 0. The van der Waals surface area contributed by atoms with Crippen LogP contribution in [0.1, 0.15) is 11.1 Å². The van der Waals surface area contributed by atoms with Gasteiger partial charge < -0.3 is 19.9 Å². The lowest BCUT2D eigenvalue weighted by molar-refractivity contribution is -0.115. The number of fused-ring (bicyclic) bond motifs is 1. The molecule has 2 aromatic carbocycles. The fourth-order valence-corrected chi connectivity index (χ4v) is 2.58. The maximum absolute atomic E-state index is 13.6. The number of phenolic OH excluding ortho intramolecular Hbond substituents is 2. The Morgan fingerprint density at radius 3 is 2.62 bits per heavy atom. The summed E-state index contributed by atoms with van der Waals surface area (Å²) in [6, 6.07) is 5.34. The number of nitrogens with one attached hydrogen (secondary N) is 1. The fraction of sp³-hybridized carbons (Fsp3) is 0.111. The average Bonchev–Trinajstić information content (AvgIpc) is 2.58. The fourth-order valence-electron chi connectivity index (χ4n) is 2.58. The first-order valence-electron chi connectivity index (χ1n) is 7.50. The molecule has 0 unspecified atom stereocenters. The lowest BCUT2D eigenvalue weighted by atomic mass is 10.0. The van der Waals surface area contributed by atoms with Gasteiger partial charge >= 0.3 is 5.63 Å². The van der Waals surface area contributed by atoms with E-state index in [-0.39, 0.29) is 16.8 Å². The highest BCUT2D eigenvalue weighted by Crippen LogP contribution is 2.34. The molecule has 0 fully saturated rings. The van der Waals surface area contributed by atoms with E-state index in [1.54, 1.807) is 6.92 Å². The zero-order chi connectivity index (χ0) is 19.0. The highest BCUT2D eigenvalue weighted by Gasteiger charge is 2.18. The molecule has 0 atom stereocenters. The third-order valence-corrected chi connectivity index (χ3v) is 3.95. The quantitative estimate of drug-likeness (QED) is 0.492. The standard InChI is InChI=1S/C18H13F2NO5/c1-8-10-3-5-14(22)16(24)17(10)26-18(25)11(8)7-15(23)21-13-4-2-9(19)6-12(13)20/h2-6,22,24H,7H2,1H3,(H,21,23). The molecule has 26 heavy (non-hydrogen) atoms. The van der Waals surface area contributed by atoms with Gasteiger partial charge in [0.15, 0.2) is 11.3 Å². The van der Waals surface area contributed by atoms with E-state index in [0.29, 0.717) is 17.0 Å². The average molecular weight is 361 g/mol. The van der Waals surface area contributed by atoms with Crippen LogP contribution in [0.25, 0.3) is 11.0 Å². The second-order valence-corrected chi connectivity index (χ2v) is 5.65. The number of rotatable bonds is 3. The number of aromatic hydroxyl groups is 2. The maximum Gasteiger partial charge on any atom is 0.340 e. The highest BCUT2D eigenvalue weighted by molar-refractivity contribution is 5.94. The minimum atomic E-state index is -0.944. The molecule has 1 aromatic heterocycles. The molecule has 3 N–H and O–H groups in total. The van der Waals surface area contributed by atoms with Gasteiger partial charge in [0.25, 0.3) is 0 Å². The number of hydrogen-bond donors (Lipinski definition) is 3. The molecule has 134 valence electrons. The molecule has 0 aliphatic heterocycles. The van der Waals surface area contributed by atoms with E-state index in [9.17, 15) is 28.6 Å². The Morgan fingerprint density at radius 2 is 1.92 bits per heavy atom. The van der Waals surface area contributed by atoms with Crippen molar-refractivity contribution in [1.82, 2.24) is 0 Å². The van der Waals surface area contributed by atoms with Crippen LogP contribution in [0.4, 0.5) is 14.5 Å². The van der Waals surface area contributed by atoms with E-state index >= 15 is 0 Å². The van der Waals surface area contributed by atoms with Crippen molar-refractivity contribution < 1.29 is 28.2 Å². The molecule has 0 radical (unpaired) electrons. The van der Waals surface area contributed by atoms with E-state index < -0.39 is 41.1 Å². The first-order valence-corrected chi connectivity index (χ1v) is 7.50. The molecular formula is C18H13F2NO5. The minimum Gasteiger partial charge on any atom is -0.504 e. The van der Waals surface area contributed by atoms with E-state index in [1.807, 2.05) is 0 Å². The van der Waals surface area contributed by atoms with Gasteiger partial charge in [-0.15, -0.1) is 0 Å². The summed E-state index contributed by atoms with van der Waals surface area (Å²) in [6.07, 6.45) is -0.414. The summed E-state index contributed by atoms with van der Waals surface area (Å²) in [5.41, 5.74) is -0.891. The Bertz CT molecular complexity index is 1090. The maximum atomic E-state index is 13.6. The number of halogens is 2. The first kappa shape index (κ1) is 17.4. The molecule has 8 heteroatoms. The van der Waals surface area contributed by atoms with Gasteiger partial charge in [-0.3, -0.25) is 4.79 Å². The van der Waals surface area contributed by atoms with Gasteiger partial charge in [-0.1, -0.05) is 0 Å². The van der Waals surface area contributed by atoms with Crippen LogP contribution < -0.4 is 10.9 Å². The molecule has 0 aliphatic rings. The Balaban J connectivity index is 1.94. The zero-order valence-corrected chi connectivity index (χ0v) is 13.5. The molecule has 1 heterocycles. The normalized spacial score (nSPS) is 10.9. The molecule has 0 saturated carbocycles. The second kappa shape index (κ2) is 6.47. The van der Waals surface area contributed by atoms with Crippen molar-refractivity contribution in [2.75, 3.05) is 5.32 Å². The van der Waals surface area contributed by atoms with Crippen molar-refractivity contribution >= 4 is 22.6 Å². The predicted octanol–water partition coefficient (Wildman–Crippen LogP) is 2.97. The molecule has 1 amide bonds. The van der Waals surface area contributed by atoms with Crippen molar-refractivity contribution in [1.29, 1.82) is 0 Å². The number of anilines is 1. The summed E-state index contributed by atoms with van der Waals surface area (Å²) in [6.45, 7) is 1.55. The Hall–Kier alpha value is -3.42. The molecule has 0 saturated heterocycles. The van der Waals surface area contributed by atoms with Gasteiger partial charge in [0.05, 0.1) is 17.7 Å². The van der Waals surface area contributed by atoms with Crippen molar-refractivity contribution in [2.24, 2.45) is 0 Å². The van der Waals surface area contributed by atoms with E-state index in [1.165, 1.54) is 12.1 Å². The van der Waals surface area contributed by atoms with Gasteiger partial charge in [0.2, 0.25) is 11.7 Å². The third-order valence-electron chi connectivity index (χ3n) is 3.95. The molecule has 3 rings (SSSR count). The SMILES string of the molecule is Cc1c(CC(=O)Nc2ccc(F)cc2F)c(=O)oc2c(O)c(O)ccc12. The Kier molecular flexibility index (Phi) is 4.33. The number of aryl methyl sites for hydroxylation is 1. The van der Waals surface area contributed by atoms with Crippen molar-refractivity contribution in [3.05, 3.63) is 63.5 Å². The molecule has 0 bridgehead atoms. The number of hydrogen-bond acceptors (Lipinski definition) is 5. The largest absolute Gasteiger partial charge is 0.504 e. The zero-order valence-electron chi connectivity index (χ0n) is 13.5. The number of carbonyl (C=O) groups excluding carboxylic acids is 1. The van der Waals surface area contributed by atoms with Gasteiger partial charge in [-0.05, 0) is 36.8 Å². The summed E-state index contributed by atoms with van der Waals surface area (Å²) < 4.78 is 31.5. The summed E-state index contributed by atoms with van der Waals surface area (Å²) in [7, 11) is 0. The van der Waals surface area contributed by atoms with E-state index in [2.05, 4.69) is 5.32 Å². The Morgan fingerprint density at radius 1 is 1.19 bits per heavy atom. The third kappa shape index (κ3) is 3.08. The van der Waals surface area contributed by atoms with E-state index in [0.717, 1.165) is 12.1 Å². The van der Waals surface area contributed by atoms with Gasteiger partial charge in [0.1, 0.15) is 11.6 Å². The van der Waals surface area contributed by atoms with Crippen LogP contribution in [0.5, 0.6) is 11.5 Å². The van der Waals surface area contributed by atoms with Crippen molar-refractivity contribution in [2.45, 2.75) is 13.3 Å². The van der Waals surface area contributed by atoms with Gasteiger partial charge in [0, 0.05) is 11.5 Å². The number of carbonyl (C=O) groups is 1. The molecular weight excluding hydrogens is 348 g/mol. The van der Waals surface area contributed by atoms with Crippen LogP contribution in [0.3, 0.4) is 0 Å². The summed E-state index contributed by atoms with van der Waals surface area (Å²) in [5, 5.41) is 21.9. The van der Waals surface area contributed by atoms with Crippen LogP contribution in [-0.2, 0) is 11.2 Å². The second-order valence-electron chi connectivity index (χ2n) is 5.65. The van der Waals surface area contributed by atoms with Crippen LogP contribution in [-0.4, -0.2) is 16.1 Å². The van der Waals surface area contributed by atoms with E-state index in [4.69, 9.17) is 4.42 Å². The predicted molar refractivity (Wildman–Crippen MR) is 89.2 cm³/mol. The summed E-state index contributed by atoms with van der Waals surface area (Å²) in [5.74, 6) is -3.45. The molecule has 0 spiro atoms. The lowest BCUT2D eigenvalue weighted by Gasteiger charge is -2.10. The number of benzene rings is 2. The van der Waals surface area contributed by atoms with Crippen LogP contribution in [0.15, 0.2) is 39.5 Å². The molecule has 6 nitrogen and oxygen atoms in total. The topological polar surface area (TPSA) is 99.8 Å². The number of phenols is 2. The highest BCUT2D eigenvalue weighted by atomic mass is 19.1. The van der Waals surface area contributed by atoms with Crippen LogP contribution >= 0.6 is 0 Å². The van der Waals surface area contributed by atoms with Crippen LogP contribution in [0.2, 0.25) is 0 Å².